The Morgan fingerprint density at radius 2 is 1.84 bits per heavy atom. The van der Waals surface area contributed by atoms with Crippen molar-refractivity contribution in [3.63, 3.8) is 0 Å². The van der Waals surface area contributed by atoms with Crippen molar-refractivity contribution in [1.82, 2.24) is 25.1 Å². The van der Waals surface area contributed by atoms with Gasteiger partial charge in [-0.2, -0.15) is 5.26 Å². The summed E-state index contributed by atoms with van der Waals surface area (Å²) >= 11 is 1.36. The first kappa shape index (κ1) is 20.1. The van der Waals surface area contributed by atoms with E-state index in [0.717, 1.165) is 10.6 Å². The van der Waals surface area contributed by atoms with E-state index in [1.165, 1.54) is 22.4 Å². The van der Waals surface area contributed by atoms with E-state index in [-0.39, 0.29) is 11.7 Å². The molecular formula is C22H17N7OS. The SMILES string of the molecule is CN(C)C(=O)c1ccc(-c2cnc(N)c(-c3nnc(-c4ccccc4)s3)n2)c(C#N)c1. The lowest BCUT2D eigenvalue weighted by atomic mass is 10.0. The van der Waals surface area contributed by atoms with Crippen LogP contribution in [0.1, 0.15) is 15.9 Å². The molecule has 2 heterocycles. The maximum absolute atomic E-state index is 12.2. The van der Waals surface area contributed by atoms with Gasteiger partial charge in [0.05, 0.1) is 23.5 Å². The van der Waals surface area contributed by atoms with E-state index in [0.29, 0.717) is 33.1 Å². The Balaban J connectivity index is 1.75. The molecule has 0 saturated carbocycles. The fourth-order valence-corrected chi connectivity index (χ4v) is 3.80. The number of carbonyl (C=O) groups excluding carboxylic acids is 1. The zero-order valence-electron chi connectivity index (χ0n) is 16.8. The third-order valence-electron chi connectivity index (χ3n) is 4.52. The Labute approximate surface area is 182 Å². The Bertz CT molecular complexity index is 1310. The summed E-state index contributed by atoms with van der Waals surface area (Å²) in [7, 11) is 3.32. The van der Waals surface area contributed by atoms with Crippen molar-refractivity contribution in [3.8, 4) is 38.6 Å². The van der Waals surface area contributed by atoms with Crippen LogP contribution in [0.2, 0.25) is 0 Å². The van der Waals surface area contributed by atoms with E-state index >= 15 is 0 Å². The molecule has 8 nitrogen and oxygen atoms in total. The summed E-state index contributed by atoms with van der Waals surface area (Å²) in [6, 6.07) is 16.7. The van der Waals surface area contributed by atoms with Crippen LogP contribution in [-0.4, -0.2) is 45.1 Å². The van der Waals surface area contributed by atoms with Gasteiger partial charge in [0.15, 0.2) is 10.8 Å². The topological polar surface area (TPSA) is 122 Å². The second-order valence-corrected chi connectivity index (χ2v) is 7.82. The monoisotopic (exact) mass is 427 g/mol. The fourth-order valence-electron chi connectivity index (χ4n) is 2.95. The van der Waals surface area contributed by atoms with Crippen LogP contribution in [0.5, 0.6) is 0 Å². The highest BCUT2D eigenvalue weighted by molar-refractivity contribution is 7.17. The van der Waals surface area contributed by atoms with Crippen LogP contribution >= 0.6 is 11.3 Å². The summed E-state index contributed by atoms with van der Waals surface area (Å²) in [6.07, 6.45) is 1.50. The van der Waals surface area contributed by atoms with Gasteiger partial charge in [-0.25, -0.2) is 9.97 Å². The predicted molar refractivity (Wildman–Crippen MR) is 119 cm³/mol. The zero-order valence-corrected chi connectivity index (χ0v) is 17.6. The van der Waals surface area contributed by atoms with Gasteiger partial charge in [-0.05, 0) is 12.1 Å². The van der Waals surface area contributed by atoms with Crippen molar-refractivity contribution >= 4 is 23.1 Å². The molecule has 4 aromatic rings. The summed E-state index contributed by atoms with van der Waals surface area (Å²) in [5.74, 6) is 0.0341. The molecule has 152 valence electrons. The van der Waals surface area contributed by atoms with Gasteiger partial charge in [-0.15, -0.1) is 10.2 Å². The van der Waals surface area contributed by atoms with Crippen LogP contribution in [0.15, 0.2) is 54.7 Å². The van der Waals surface area contributed by atoms with Gasteiger partial charge >= 0.3 is 0 Å². The normalized spacial score (nSPS) is 10.5. The van der Waals surface area contributed by atoms with E-state index in [1.54, 1.807) is 32.3 Å². The maximum atomic E-state index is 12.2. The number of anilines is 1. The Kier molecular flexibility index (Phi) is 5.39. The largest absolute Gasteiger partial charge is 0.382 e. The van der Waals surface area contributed by atoms with Crippen LogP contribution < -0.4 is 5.73 Å². The van der Waals surface area contributed by atoms with Crippen LogP contribution in [-0.2, 0) is 0 Å². The van der Waals surface area contributed by atoms with E-state index < -0.39 is 0 Å². The predicted octanol–water partition coefficient (Wildman–Crippen LogP) is 3.48. The number of hydrogen-bond acceptors (Lipinski definition) is 8. The summed E-state index contributed by atoms with van der Waals surface area (Å²) < 4.78 is 0. The van der Waals surface area contributed by atoms with E-state index in [2.05, 4.69) is 26.2 Å². The summed E-state index contributed by atoms with van der Waals surface area (Å²) in [6.45, 7) is 0. The quantitative estimate of drug-likeness (QED) is 0.529. The first-order chi connectivity index (χ1) is 15.0. The molecule has 0 unspecified atom stereocenters. The smallest absolute Gasteiger partial charge is 0.253 e. The molecule has 2 N–H and O–H groups in total. The third-order valence-corrected chi connectivity index (χ3v) is 5.50. The molecule has 0 spiro atoms. The highest BCUT2D eigenvalue weighted by Crippen LogP contribution is 2.33. The molecule has 0 aliphatic rings. The number of carbonyl (C=O) groups is 1. The molecular weight excluding hydrogens is 410 g/mol. The van der Waals surface area contributed by atoms with Crippen LogP contribution in [0.4, 0.5) is 5.82 Å². The van der Waals surface area contributed by atoms with Gasteiger partial charge < -0.3 is 10.6 Å². The molecule has 9 heteroatoms. The van der Waals surface area contributed by atoms with Gasteiger partial charge in [0, 0.05) is 30.8 Å². The number of aromatic nitrogens is 4. The number of amides is 1. The Morgan fingerprint density at radius 3 is 2.55 bits per heavy atom. The van der Waals surface area contributed by atoms with Gasteiger partial charge in [0.25, 0.3) is 5.91 Å². The van der Waals surface area contributed by atoms with Gasteiger partial charge in [0.2, 0.25) is 0 Å². The number of rotatable bonds is 4. The van der Waals surface area contributed by atoms with Crippen LogP contribution in [0, 0.1) is 11.3 Å². The third kappa shape index (κ3) is 3.97. The van der Waals surface area contributed by atoms with Gasteiger partial charge in [0.1, 0.15) is 10.7 Å². The van der Waals surface area contributed by atoms with Crippen molar-refractivity contribution in [3.05, 3.63) is 65.9 Å². The molecule has 31 heavy (non-hydrogen) atoms. The number of nitriles is 1. The zero-order chi connectivity index (χ0) is 22.0. The van der Waals surface area contributed by atoms with Crippen molar-refractivity contribution in [2.75, 3.05) is 19.8 Å². The highest BCUT2D eigenvalue weighted by Gasteiger charge is 2.18. The van der Waals surface area contributed by atoms with E-state index in [9.17, 15) is 10.1 Å². The minimum Gasteiger partial charge on any atom is -0.382 e. The first-order valence-electron chi connectivity index (χ1n) is 9.26. The minimum absolute atomic E-state index is 0.186. The van der Waals surface area contributed by atoms with E-state index in [4.69, 9.17) is 5.73 Å². The maximum Gasteiger partial charge on any atom is 0.253 e. The highest BCUT2D eigenvalue weighted by atomic mass is 32.1. The molecule has 0 fully saturated rings. The number of hydrogen-bond donors (Lipinski definition) is 1. The molecule has 4 rings (SSSR count). The Morgan fingerprint density at radius 1 is 1.10 bits per heavy atom. The average molecular weight is 427 g/mol. The summed E-state index contributed by atoms with van der Waals surface area (Å²) in [5.41, 5.74) is 9.16. The average Bonchev–Trinajstić information content (AvgIpc) is 3.29. The van der Waals surface area contributed by atoms with Crippen molar-refractivity contribution in [2.45, 2.75) is 0 Å². The van der Waals surface area contributed by atoms with E-state index in [1.807, 2.05) is 30.3 Å². The number of benzene rings is 2. The molecule has 0 saturated heterocycles. The lowest BCUT2D eigenvalue weighted by Gasteiger charge is -2.12. The van der Waals surface area contributed by atoms with Gasteiger partial charge in [-0.3, -0.25) is 4.79 Å². The molecule has 2 aromatic heterocycles. The molecule has 0 bridgehead atoms. The lowest BCUT2D eigenvalue weighted by Crippen LogP contribution is -2.21. The summed E-state index contributed by atoms with van der Waals surface area (Å²) in [5, 5.41) is 19.4. The van der Waals surface area contributed by atoms with Gasteiger partial charge in [-0.1, -0.05) is 47.7 Å². The first-order valence-corrected chi connectivity index (χ1v) is 10.1. The molecule has 0 radical (unpaired) electrons. The number of nitrogens with two attached hydrogens (primary N) is 1. The Hall–Kier alpha value is -4.16. The summed E-state index contributed by atoms with van der Waals surface area (Å²) in [4.78, 5) is 22.5. The second-order valence-electron chi connectivity index (χ2n) is 6.84. The second kappa shape index (κ2) is 8.30. The molecule has 0 atom stereocenters. The van der Waals surface area contributed by atoms with Crippen molar-refractivity contribution in [2.24, 2.45) is 0 Å². The molecule has 1 amide bonds. The standard InChI is InChI=1S/C22H17N7OS/c1-29(2)22(30)14-8-9-16(15(10-14)11-23)17-12-25-19(24)18(26-17)21-28-27-20(31-21)13-6-4-3-5-7-13/h3-10,12H,1-2H3,(H2,24,25). The van der Waals surface area contributed by atoms with Crippen LogP contribution in [0.3, 0.4) is 0 Å². The minimum atomic E-state index is -0.186. The van der Waals surface area contributed by atoms with Crippen molar-refractivity contribution in [1.29, 1.82) is 5.26 Å². The molecule has 0 aliphatic carbocycles. The lowest BCUT2D eigenvalue weighted by molar-refractivity contribution is 0.0827. The number of nitrogens with zero attached hydrogens (tertiary/aromatic N) is 6. The van der Waals surface area contributed by atoms with Crippen molar-refractivity contribution < 1.29 is 4.79 Å². The fraction of sp³-hybridized carbons (Fsp3) is 0.0909. The van der Waals surface area contributed by atoms with Crippen LogP contribution in [0.25, 0.3) is 32.5 Å². The molecule has 0 aliphatic heterocycles. The number of nitrogen functional groups attached to an aromatic ring is 1. The molecule has 2 aromatic carbocycles.